The Morgan fingerprint density at radius 1 is 1.11 bits per heavy atom. The van der Waals surface area contributed by atoms with E-state index in [-0.39, 0.29) is 18.4 Å². The van der Waals surface area contributed by atoms with Gasteiger partial charge in [0.2, 0.25) is 5.91 Å². The summed E-state index contributed by atoms with van der Waals surface area (Å²) in [6.07, 6.45) is 4.56. The van der Waals surface area contributed by atoms with Gasteiger partial charge in [0, 0.05) is 29.2 Å². The quantitative estimate of drug-likeness (QED) is 0.704. The highest BCUT2D eigenvalue weighted by Crippen LogP contribution is 2.24. The van der Waals surface area contributed by atoms with Crippen LogP contribution in [0.25, 0.3) is 11.0 Å². The Balaban J connectivity index is 1.40. The fraction of sp³-hybridized carbons (Fsp3) is 0.286. The number of hydrogen-bond acceptors (Lipinski definition) is 3. The zero-order chi connectivity index (χ0) is 19.5. The Labute approximate surface area is 167 Å². The molecule has 28 heavy (non-hydrogen) atoms. The number of aromatic nitrogens is 2. The number of nitrogens with zero attached hydrogens (tertiary/aromatic N) is 2. The van der Waals surface area contributed by atoms with E-state index in [4.69, 9.17) is 16.6 Å². The van der Waals surface area contributed by atoms with Crippen LogP contribution in [0.15, 0.2) is 42.5 Å². The molecule has 0 bridgehead atoms. The summed E-state index contributed by atoms with van der Waals surface area (Å²) in [7, 11) is 0. The van der Waals surface area contributed by atoms with Crippen LogP contribution in [-0.2, 0) is 17.8 Å². The van der Waals surface area contributed by atoms with E-state index < -0.39 is 0 Å². The van der Waals surface area contributed by atoms with Crippen molar-refractivity contribution in [1.29, 1.82) is 0 Å². The normalized spacial score (nSPS) is 13.6. The van der Waals surface area contributed by atoms with Crippen LogP contribution in [0.1, 0.15) is 35.4 Å². The van der Waals surface area contributed by atoms with E-state index in [0.29, 0.717) is 16.3 Å². The molecule has 2 aromatic carbocycles. The minimum Gasteiger partial charge on any atom is -0.343 e. The molecule has 0 aliphatic carbocycles. The first-order valence-corrected chi connectivity index (χ1v) is 9.81. The van der Waals surface area contributed by atoms with Crippen molar-refractivity contribution in [1.82, 2.24) is 14.9 Å². The van der Waals surface area contributed by atoms with Crippen LogP contribution < -0.4 is 10.6 Å². The molecule has 2 N–H and O–H groups in total. The molecular weight excluding hydrogens is 376 g/mol. The van der Waals surface area contributed by atoms with Gasteiger partial charge in [-0.1, -0.05) is 24.1 Å². The minimum atomic E-state index is -0.342. The lowest BCUT2D eigenvalue weighted by Gasteiger charge is -2.08. The van der Waals surface area contributed by atoms with Gasteiger partial charge in [-0.2, -0.15) is 0 Å². The van der Waals surface area contributed by atoms with Crippen molar-refractivity contribution in [2.45, 2.75) is 32.2 Å². The Bertz CT molecular complexity index is 1040. The second kappa shape index (κ2) is 8.02. The fourth-order valence-corrected chi connectivity index (χ4v) is 3.72. The van der Waals surface area contributed by atoms with Crippen molar-refractivity contribution in [2.75, 3.05) is 11.9 Å². The van der Waals surface area contributed by atoms with E-state index >= 15 is 0 Å². The highest BCUT2D eigenvalue weighted by molar-refractivity contribution is 6.31. The van der Waals surface area contributed by atoms with Crippen molar-refractivity contribution >= 4 is 40.1 Å². The van der Waals surface area contributed by atoms with Crippen LogP contribution in [0.2, 0.25) is 5.02 Å². The molecule has 0 fully saturated rings. The highest BCUT2D eigenvalue weighted by atomic mass is 35.5. The first kappa shape index (κ1) is 18.5. The van der Waals surface area contributed by atoms with Crippen molar-refractivity contribution in [3.05, 3.63) is 58.9 Å². The molecule has 6 nitrogen and oxygen atoms in total. The summed E-state index contributed by atoms with van der Waals surface area (Å²) in [4.78, 5) is 29.1. The Morgan fingerprint density at radius 2 is 2.00 bits per heavy atom. The third-order valence-electron chi connectivity index (χ3n) is 4.89. The van der Waals surface area contributed by atoms with Crippen LogP contribution in [0.5, 0.6) is 0 Å². The number of anilines is 1. The summed E-state index contributed by atoms with van der Waals surface area (Å²) >= 11 is 5.89. The Hall–Kier alpha value is -2.86. The number of hydrogen-bond donors (Lipinski definition) is 2. The van der Waals surface area contributed by atoms with Crippen LogP contribution in [0.3, 0.4) is 0 Å². The van der Waals surface area contributed by atoms with Crippen LogP contribution in [-0.4, -0.2) is 27.9 Å². The van der Waals surface area contributed by atoms with Gasteiger partial charge >= 0.3 is 0 Å². The molecule has 2 amide bonds. The van der Waals surface area contributed by atoms with Gasteiger partial charge < -0.3 is 15.2 Å². The maximum Gasteiger partial charge on any atom is 0.251 e. The Morgan fingerprint density at radius 3 is 2.86 bits per heavy atom. The number of fused-ring (bicyclic) bond motifs is 3. The number of benzene rings is 2. The average Bonchev–Trinajstić information content (AvgIpc) is 2.86. The molecule has 0 unspecified atom stereocenters. The van der Waals surface area contributed by atoms with Gasteiger partial charge in [-0.3, -0.25) is 9.59 Å². The molecule has 0 radical (unpaired) electrons. The molecule has 4 rings (SSSR count). The molecule has 7 heteroatoms. The van der Waals surface area contributed by atoms with Crippen molar-refractivity contribution in [3.8, 4) is 0 Å². The molecule has 1 aliphatic heterocycles. The summed E-state index contributed by atoms with van der Waals surface area (Å²) in [6.45, 7) is 0.871. The molecule has 1 aliphatic rings. The Kier molecular flexibility index (Phi) is 5.30. The zero-order valence-electron chi connectivity index (χ0n) is 15.4. The number of imidazole rings is 1. The predicted molar refractivity (Wildman–Crippen MR) is 110 cm³/mol. The van der Waals surface area contributed by atoms with Crippen molar-refractivity contribution < 1.29 is 9.59 Å². The van der Waals surface area contributed by atoms with E-state index in [1.807, 2.05) is 18.2 Å². The lowest BCUT2D eigenvalue weighted by Crippen LogP contribution is -2.32. The number of aryl methyl sites for hydroxylation is 2. The van der Waals surface area contributed by atoms with Gasteiger partial charge in [-0.25, -0.2) is 4.98 Å². The first-order valence-electron chi connectivity index (χ1n) is 9.43. The number of carbonyl (C=O) groups excluding carboxylic acids is 2. The van der Waals surface area contributed by atoms with Crippen LogP contribution >= 0.6 is 11.6 Å². The monoisotopic (exact) mass is 396 g/mol. The van der Waals surface area contributed by atoms with Crippen LogP contribution in [0.4, 0.5) is 5.69 Å². The van der Waals surface area contributed by atoms with Gasteiger partial charge in [-0.15, -0.1) is 0 Å². The van der Waals surface area contributed by atoms with Gasteiger partial charge in [0.05, 0.1) is 17.6 Å². The molecule has 0 atom stereocenters. The number of carbonyl (C=O) groups is 2. The van der Waals surface area contributed by atoms with E-state index in [1.165, 1.54) is 19.3 Å². The predicted octanol–water partition coefficient (Wildman–Crippen LogP) is 3.78. The van der Waals surface area contributed by atoms with Gasteiger partial charge in [-0.05, 0) is 49.2 Å². The molecule has 0 spiro atoms. The minimum absolute atomic E-state index is 0.122. The molecule has 0 saturated carbocycles. The third-order valence-corrected chi connectivity index (χ3v) is 5.12. The molecular formula is C21H21ClN4O2. The second-order valence-electron chi connectivity index (χ2n) is 6.94. The zero-order valence-corrected chi connectivity index (χ0v) is 16.1. The topological polar surface area (TPSA) is 76.0 Å². The van der Waals surface area contributed by atoms with E-state index in [2.05, 4.69) is 15.2 Å². The van der Waals surface area contributed by atoms with E-state index in [1.54, 1.807) is 24.3 Å². The molecule has 144 valence electrons. The standard InChI is InChI=1S/C21H21ClN4O2/c22-15-6-4-5-14(11-15)21(28)23-13-20(27)24-16-8-9-18-17(12-16)25-19-7-2-1-3-10-26(18)19/h4-6,8-9,11-12H,1-3,7,10,13H2,(H,23,28)(H,24,27). The summed E-state index contributed by atoms with van der Waals surface area (Å²) in [5.41, 5.74) is 3.07. The number of rotatable bonds is 4. The smallest absolute Gasteiger partial charge is 0.251 e. The van der Waals surface area contributed by atoms with Crippen LogP contribution in [0, 0.1) is 0 Å². The van der Waals surface area contributed by atoms with Gasteiger partial charge in [0.1, 0.15) is 5.82 Å². The van der Waals surface area contributed by atoms with Gasteiger partial charge in [0.15, 0.2) is 0 Å². The summed E-state index contributed by atoms with van der Waals surface area (Å²) in [5.74, 6) is 0.478. The van der Waals surface area contributed by atoms with Crippen molar-refractivity contribution in [3.63, 3.8) is 0 Å². The maximum atomic E-state index is 12.2. The molecule has 3 aromatic rings. The second-order valence-corrected chi connectivity index (χ2v) is 7.37. The number of nitrogens with one attached hydrogen (secondary N) is 2. The van der Waals surface area contributed by atoms with E-state index in [0.717, 1.165) is 29.8 Å². The number of halogens is 1. The third kappa shape index (κ3) is 4.02. The van der Waals surface area contributed by atoms with E-state index in [9.17, 15) is 9.59 Å². The summed E-state index contributed by atoms with van der Waals surface area (Å²) < 4.78 is 2.28. The van der Waals surface area contributed by atoms with Gasteiger partial charge in [0.25, 0.3) is 5.91 Å². The first-order chi connectivity index (χ1) is 13.6. The lowest BCUT2D eigenvalue weighted by atomic mass is 10.2. The summed E-state index contributed by atoms with van der Waals surface area (Å²) in [6, 6.07) is 12.3. The number of amides is 2. The molecule has 2 heterocycles. The average molecular weight is 397 g/mol. The summed E-state index contributed by atoms with van der Waals surface area (Å²) in [5, 5.41) is 5.89. The molecule has 1 aromatic heterocycles. The molecule has 0 saturated heterocycles. The van der Waals surface area contributed by atoms with Crippen molar-refractivity contribution in [2.24, 2.45) is 0 Å². The SMILES string of the molecule is O=C(CNC(=O)c1cccc(Cl)c1)Nc1ccc2c(c1)nc1n2CCCCC1. The highest BCUT2D eigenvalue weighted by Gasteiger charge is 2.14. The lowest BCUT2D eigenvalue weighted by molar-refractivity contribution is -0.115. The maximum absolute atomic E-state index is 12.2. The largest absolute Gasteiger partial charge is 0.343 e. The fourth-order valence-electron chi connectivity index (χ4n) is 3.53.